The number of carbonyl (C=O) groups is 1. The molecule has 0 saturated heterocycles. The van der Waals surface area contributed by atoms with Gasteiger partial charge in [0.1, 0.15) is 6.04 Å². The van der Waals surface area contributed by atoms with Crippen molar-refractivity contribution in [2.75, 3.05) is 5.33 Å². The van der Waals surface area contributed by atoms with Gasteiger partial charge in [0.25, 0.3) is 0 Å². The lowest BCUT2D eigenvalue weighted by Crippen LogP contribution is -2.29. The number of halogens is 1. The van der Waals surface area contributed by atoms with Crippen LogP contribution in [0.1, 0.15) is 32.1 Å². The van der Waals surface area contributed by atoms with E-state index in [-0.39, 0.29) is 0 Å². The van der Waals surface area contributed by atoms with E-state index >= 15 is 0 Å². The lowest BCUT2D eigenvalue weighted by molar-refractivity contribution is -0.138. The molecule has 0 fully saturated rings. The maximum atomic E-state index is 10.3. The summed E-state index contributed by atoms with van der Waals surface area (Å²) in [7, 11) is 0. The molecule has 0 aliphatic carbocycles. The van der Waals surface area contributed by atoms with Crippen molar-refractivity contribution >= 4 is 21.9 Å². The first-order chi connectivity index (χ1) is 5.68. The van der Waals surface area contributed by atoms with Gasteiger partial charge in [0.15, 0.2) is 0 Å². The highest BCUT2D eigenvalue weighted by Gasteiger charge is 2.09. The van der Waals surface area contributed by atoms with Gasteiger partial charge in [-0.15, -0.1) is 0 Å². The summed E-state index contributed by atoms with van der Waals surface area (Å²) in [6.07, 6.45) is 4.89. The molecule has 0 aromatic heterocycles. The lowest BCUT2D eigenvalue weighted by atomic mass is 10.1. The first kappa shape index (κ1) is 11.9. The standard InChI is InChI=1S/C8H16BrNO2/c9-6-4-2-1-3-5-7(10)8(11)12/h7H,1-6,10H2,(H,11,12). The second-order valence-corrected chi connectivity index (χ2v) is 3.63. The Bertz CT molecular complexity index is 130. The van der Waals surface area contributed by atoms with Crippen LogP contribution in [0.2, 0.25) is 0 Å². The molecule has 0 radical (unpaired) electrons. The highest BCUT2D eigenvalue weighted by molar-refractivity contribution is 9.09. The molecule has 1 atom stereocenters. The first-order valence-corrected chi connectivity index (χ1v) is 5.35. The topological polar surface area (TPSA) is 63.3 Å². The number of nitrogens with two attached hydrogens (primary N) is 1. The van der Waals surface area contributed by atoms with Gasteiger partial charge in [-0.2, -0.15) is 0 Å². The molecule has 0 spiro atoms. The zero-order chi connectivity index (χ0) is 9.40. The van der Waals surface area contributed by atoms with E-state index in [4.69, 9.17) is 10.8 Å². The Morgan fingerprint density at radius 3 is 2.42 bits per heavy atom. The van der Waals surface area contributed by atoms with Gasteiger partial charge in [-0.3, -0.25) is 4.79 Å². The smallest absolute Gasteiger partial charge is 0.320 e. The summed E-state index contributed by atoms with van der Waals surface area (Å²) >= 11 is 3.33. The molecule has 0 aliphatic rings. The van der Waals surface area contributed by atoms with E-state index in [2.05, 4.69) is 15.9 Å². The van der Waals surface area contributed by atoms with E-state index in [0.717, 1.165) is 31.0 Å². The summed E-state index contributed by atoms with van der Waals surface area (Å²) < 4.78 is 0. The molecule has 0 aliphatic heterocycles. The number of carboxylic acid groups (broad SMARTS) is 1. The summed E-state index contributed by atoms with van der Waals surface area (Å²) in [6, 6.07) is -0.672. The number of rotatable bonds is 7. The van der Waals surface area contributed by atoms with Crippen molar-refractivity contribution in [1.82, 2.24) is 0 Å². The Hall–Kier alpha value is -0.0900. The van der Waals surface area contributed by atoms with Gasteiger partial charge >= 0.3 is 5.97 Å². The van der Waals surface area contributed by atoms with Crippen LogP contribution in [-0.4, -0.2) is 22.4 Å². The van der Waals surface area contributed by atoms with Crippen LogP contribution in [0.15, 0.2) is 0 Å². The molecule has 0 aromatic carbocycles. The van der Waals surface area contributed by atoms with Gasteiger partial charge in [0, 0.05) is 5.33 Å². The number of unbranched alkanes of at least 4 members (excludes halogenated alkanes) is 3. The molecule has 0 saturated carbocycles. The minimum absolute atomic E-state index is 0.595. The van der Waals surface area contributed by atoms with Crippen molar-refractivity contribution in [2.45, 2.75) is 38.1 Å². The van der Waals surface area contributed by atoms with E-state index in [1.807, 2.05) is 0 Å². The van der Waals surface area contributed by atoms with Crippen molar-refractivity contribution in [2.24, 2.45) is 5.73 Å². The Kier molecular flexibility index (Phi) is 7.50. The van der Waals surface area contributed by atoms with Gasteiger partial charge in [0.2, 0.25) is 0 Å². The zero-order valence-electron chi connectivity index (χ0n) is 7.13. The molecule has 0 bridgehead atoms. The van der Waals surface area contributed by atoms with Crippen molar-refractivity contribution in [3.05, 3.63) is 0 Å². The molecule has 1 unspecified atom stereocenters. The molecule has 72 valence electrons. The Morgan fingerprint density at radius 2 is 1.92 bits per heavy atom. The van der Waals surface area contributed by atoms with E-state index in [0.29, 0.717) is 6.42 Å². The van der Waals surface area contributed by atoms with Crippen LogP contribution in [0.3, 0.4) is 0 Å². The highest BCUT2D eigenvalue weighted by atomic mass is 79.9. The second-order valence-electron chi connectivity index (χ2n) is 2.84. The molecule has 4 heteroatoms. The average molecular weight is 238 g/mol. The Balaban J connectivity index is 3.14. The monoisotopic (exact) mass is 237 g/mol. The van der Waals surface area contributed by atoms with Gasteiger partial charge in [0.05, 0.1) is 0 Å². The van der Waals surface area contributed by atoms with Crippen molar-refractivity contribution in [3.63, 3.8) is 0 Å². The number of carboxylic acids is 1. The van der Waals surface area contributed by atoms with Crippen LogP contribution < -0.4 is 5.73 Å². The third kappa shape index (κ3) is 6.61. The van der Waals surface area contributed by atoms with Gasteiger partial charge in [-0.05, 0) is 12.8 Å². The van der Waals surface area contributed by atoms with Gasteiger partial charge in [-0.25, -0.2) is 0 Å². The van der Waals surface area contributed by atoms with Crippen LogP contribution in [-0.2, 0) is 4.79 Å². The van der Waals surface area contributed by atoms with Crippen LogP contribution in [0.25, 0.3) is 0 Å². The van der Waals surface area contributed by atoms with Crippen LogP contribution in [0, 0.1) is 0 Å². The van der Waals surface area contributed by atoms with Crippen LogP contribution >= 0.6 is 15.9 Å². The quantitative estimate of drug-likeness (QED) is 0.524. The molecule has 0 rings (SSSR count). The third-order valence-electron chi connectivity index (χ3n) is 1.72. The summed E-state index contributed by atoms with van der Waals surface area (Å²) in [6.45, 7) is 0. The van der Waals surface area contributed by atoms with E-state index < -0.39 is 12.0 Å². The normalized spacial score (nSPS) is 12.8. The molecule has 3 N–H and O–H groups in total. The predicted molar refractivity (Wildman–Crippen MR) is 52.5 cm³/mol. The molecule has 12 heavy (non-hydrogen) atoms. The van der Waals surface area contributed by atoms with Crippen LogP contribution in [0.4, 0.5) is 0 Å². The summed E-state index contributed by atoms with van der Waals surface area (Å²) in [4.78, 5) is 10.3. The molecule has 0 aromatic rings. The van der Waals surface area contributed by atoms with E-state index in [1.54, 1.807) is 0 Å². The number of hydrogen-bond donors (Lipinski definition) is 2. The Labute approximate surface area is 81.5 Å². The minimum atomic E-state index is -0.893. The molecule has 3 nitrogen and oxygen atoms in total. The molecular weight excluding hydrogens is 222 g/mol. The van der Waals surface area contributed by atoms with E-state index in [1.165, 1.54) is 0 Å². The van der Waals surface area contributed by atoms with Crippen molar-refractivity contribution in [1.29, 1.82) is 0 Å². The fourth-order valence-corrected chi connectivity index (χ4v) is 1.33. The SMILES string of the molecule is NC(CCCCCCBr)C(=O)O. The minimum Gasteiger partial charge on any atom is -0.480 e. The first-order valence-electron chi connectivity index (χ1n) is 4.23. The largest absolute Gasteiger partial charge is 0.480 e. The fourth-order valence-electron chi connectivity index (χ4n) is 0.936. The molecule has 0 amide bonds. The maximum absolute atomic E-state index is 10.3. The summed E-state index contributed by atoms with van der Waals surface area (Å²) in [5, 5.41) is 9.48. The Morgan fingerprint density at radius 1 is 1.33 bits per heavy atom. The van der Waals surface area contributed by atoms with Gasteiger partial charge < -0.3 is 10.8 Å². The summed E-state index contributed by atoms with van der Waals surface area (Å²) in [5.74, 6) is -0.893. The highest BCUT2D eigenvalue weighted by Crippen LogP contribution is 2.05. The molecule has 0 heterocycles. The van der Waals surface area contributed by atoms with Crippen LogP contribution in [0.5, 0.6) is 0 Å². The molecular formula is C8H16BrNO2. The maximum Gasteiger partial charge on any atom is 0.320 e. The van der Waals surface area contributed by atoms with E-state index in [9.17, 15) is 4.79 Å². The van der Waals surface area contributed by atoms with Crippen molar-refractivity contribution < 1.29 is 9.90 Å². The summed E-state index contributed by atoms with van der Waals surface area (Å²) in [5.41, 5.74) is 5.32. The predicted octanol–water partition coefficient (Wildman–Crippen LogP) is 1.74. The average Bonchev–Trinajstić information content (AvgIpc) is 2.03. The van der Waals surface area contributed by atoms with Gasteiger partial charge in [-0.1, -0.05) is 35.2 Å². The second kappa shape index (κ2) is 7.55. The zero-order valence-corrected chi connectivity index (χ0v) is 8.72. The fraction of sp³-hybridized carbons (Fsp3) is 0.875. The van der Waals surface area contributed by atoms with Crippen molar-refractivity contribution in [3.8, 4) is 0 Å². The number of alkyl halides is 1. The number of aliphatic carboxylic acids is 1. The number of hydrogen-bond acceptors (Lipinski definition) is 2. The lowest BCUT2D eigenvalue weighted by Gasteiger charge is -2.04. The third-order valence-corrected chi connectivity index (χ3v) is 2.28.